The van der Waals surface area contributed by atoms with Crippen LogP contribution in [0.3, 0.4) is 0 Å². The van der Waals surface area contributed by atoms with E-state index in [0.717, 1.165) is 11.3 Å². The Labute approximate surface area is 125 Å². The molecule has 2 heterocycles. The third-order valence-electron chi connectivity index (χ3n) is 3.26. The van der Waals surface area contributed by atoms with Gasteiger partial charge >= 0.3 is 0 Å². The van der Waals surface area contributed by atoms with Crippen LogP contribution in [0.2, 0.25) is 0 Å². The van der Waals surface area contributed by atoms with Crippen LogP contribution in [0.1, 0.15) is 28.5 Å². The molecule has 0 aliphatic carbocycles. The van der Waals surface area contributed by atoms with Crippen molar-refractivity contribution in [1.82, 2.24) is 10.3 Å². The number of amides is 2. The number of benzene rings is 1. The van der Waals surface area contributed by atoms with E-state index < -0.39 is 0 Å². The predicted molar refractivity (Wildman–Crippen MR) is 81.6 cm³/mol. The summed E-state index contributed by atoms with van der Waals surface area (Å²) in [5.74, 6) is -0.379. The maximum Gasteiger partial charge on any atom is 0.271 e. The van der Waals surface area contributed by atoms with E-state index in [0.29, 0.717) is 10.8 Å². The van der Waals surface area contributed by atoms with Gasteiger partial charge in [0.2, 0.25) is 5.91 Å². The SMILES string of the molecule is CNc1nc(C(=O)N[C@@H]2CC(=O)Nc3ccccc32)cs1. The zero-order valence-electron chi connectivity index (χ0n) is 11.3. The number of carbonyl (C=O) groups excluding carboxylic acids is 2. The van der Waals surface area contributed by atoms with E-state index in [1.165, 1.54) is 11.3 Å². The van der Waals surface area contributed by atoms with E-state index in [2.05, 4.69) is 20.9 Å². The third kappa shape index (κ3) is 2.73. The lowest BCUT2D eigenvalue weighted by atomic mass is 9.97. The molecular formula is C14H14N4O2S. The average Bonchev–Trinajstić information content (AvgIpc) is 2.96. The molecule has 1 aliphatic heterocycles. The van der Waals surface area contributed by atoms with Gasteiger partial charge in [-0.1, -0.05) is 18.2 Å². The molecule has 6 nitrogen and oxygen atoms in total. The normalized spacial score (nSPS) is 16.8. The molecule has 0 bridgehead atoms. The molecule has 0 unspecified atom stereocenters. The van der Waals surface area contributed by atoms with Gasteiger partial charge < -0.3 is 16.0 Å². The van der Waals surface area contributed by atoms with Crippen LogP contribution in [0.15, 0.2) is 29.6 Å². The molecule has 3 rings (SSSR count). The second-order valence-corrected chi connectivity index (χ2v) is 5.51. The molecule has 21 heavy (non-hydrogen) atoms. The number of aromatic nitrogens is 1. The Bertz CT molecular complexity index is 698. The fourth-order valence-electron chi connectivity index (χ4n) is 2.27. The number of thiazole rings is 1. The van der Waals surface area contributed by atoms with E-state index in [9.17, 15) is 9.59 Å². The molecule has 0 radical (unpaired) electrons. The van der Waals surface area contributed by atoms with Crippen molar-refractivity contribution in [2.45, 2.75) is 12.5 Å². The second kappa shape index (κ2) is 5.53. The van der Waals surface area contributed by atoms with Crippen molar-refractivity contribution < 1.29 is 9.59 Å². The summed E-state index contributed by atoms with van der Waals surface area (Å²) in [7, 11) is 1.75. The van der Waals surface area contributed by atoms with Gasteiger partial charge in [-0.15, -0.1) is 11.3 Å². The van der Waals surface area contributed by atoms with E-state index in [-0.39, 0.29) is 24.3 Å². The van der Waals surface area contributed by atoms with Gasteiger partial charge in [0, 0.05) is 18.1 Å². The van der Waals surface area contributed by atoms with Crippen molar-refractivity contribution in [3.8, 4) is 0 Å². The molecule has 7 heteroatoms. The standard InChI is InChI=1S/C14H14N4O2S/c1-15-14-18-11(7-21-14)13(20)17-10-6-12(19)16-9-5-3-2-4-8(9)10/h2-5,7,10H,6H2,1H3,(H,15,18)(H,16,19)(H,17,20)/t10-/m1/s1. The number of anilines is 2. The van der Waals surface area contributed by atoms with Crippen LogP contribution in [-0.2, 0) is 4.79 Å². The summed E-state index contributed by atoms with van der Waals surface area (Å²) < 4.78 is 0. The van der Waals surface area contributed by atoms with Crippen LogP contribution in [0.4, 0.5) is 10.8 Å². The van der Waals surface area contributed by atoms with Gasteiger partial charge in [0.25, 0.3) is 5.91 Å². The third-order valence-corrected chi connectivity index (χ3v) is 4.12. The summed E-state index contributed by atoms with van der Waals surface area (Å²) in [5.41, 5.74) is 2.01. The summed E-state index contributed by atoms with van der Waals surface area (Å²) in [6.45, 7) is 0. The molecule has 2 amide bonds. The smallest absolute Gasteiger partial charge is 0.271 e. The van der Waals surface area contributed by atoms with Crippen molar-refractivity contribution in [2.24, 2.45) is 0 Å². The van der Waals surface area contributed by atoms with Crippen LogP contribution in [0, 0.1) is 0 Å². The Morgan fingerprint density at radius 1 is 1.43 bits per heavy atom. The average molecular weight is 302 g/mol. The van der Waals surface area contributed by atoms with E-state index in [4.69, 9.17) is 0 Å². The van der Waals surface area contributed by atoms with Crippen LogP contribution in [0.5, 0.6) is 0 Å². The largest absolute Gasteiger partial charge is 0.365 e. The topological polar surface area (TPSA) is 83.1 Å². The number of para-hydroxylation sites is 1. The highest BCUT2D eigenvalue weighted by Crippen LogP contribution is 2.30. The number of nitrogens with one attached hydrogen (secondary N) is 3. The number of carbonyl (C=O) groups is 2. The highest BCUT2D eigenvalue weighted by molar-refractivity contribution is 7.13. The first-order chi connectivity index (χ1) is 10.2. The van der Waals surface area contributed by atoms with Gasteiger partial charge in [0.15, 0.2) is 5.13 Å². The highest BCUT2D eigenvalue weighted by atomic mass is 32.1. The van der Waals surface area contributed by atoms with Gasteiger partial charge in [-0.25, -0.2) is 4.98 Å². The minimum Gasteiger partial charge on any atom is -0.365 e. The van der Waals surface area contributed by atoms with Crippen LogP contribution >= 0.6 is 11.3 Å². The van der Waals surface area contributed by atoms with E-state index >= 15 is 0 Å². The minimum atomic E-state index is -0.331. The molecule has 1 aromatic carbocycles. The Morgan fingerprint density at radius 3 is 3.00 bits per heavy atom. The summed E-state index contributed by atoms with van der Waals surface area (Å²) in [5, 5.41) is 10.9. The molecule has 0 fully saturated rings. The lowest BCUT2D eigenvalue weighted by Gasteiger charge is -2.26. The quantitative estimate of drug-likeness (QED) is 0.810. The van der Waals surface area contributed by atoms with Gasteiger partial charge in [0.1, 0.15) is 5.69 Å². The molecule has 0 spiro atoms. The first kappa shape index (κ1) is 13.6. The molecule has 3 N–H and O–H groups in total. The van der Waals surface area contributed by atoms with Crippen LogP contribution < -0.4 is 16.0 Å². The first-order valence-electron chi connectivity index (χ1n) is 6.50. The lowest BCUT2D eigenvalue weighted by Crippen LogP contribution is -2.35. The number of hydrogen-bond donors (Lipinski definition) is 3. The predicted octanol–water partition coefficient (Wildman–Crippen LogP) is 2.00. The van der Waals surface area contributed by atoms with Crippen molar-refractivity contribution >= 4 is 34.0 Å². The highest BCUT2D eigenvalue weighted by Gasteiger charge is 2.26. The summed E-state index contributed by atoms with van der Waals surface area (Å²) in [4.78, 5) is 28.1. The Balaban J connectivity index is 1.81. The van der Waals surface area contributed by atoms with E-state index in [1.54, 1.807) is 12.4 Å². The molecule has 108 valence electrons. The maximum absolute atomic E-state index is 12.2. The van der Waals surface area contributed by atoms with Crippen LogP contribution in [0.25, 0.3) is 0 Å². The number of rotatable bonds is 3. The van der Waals surface area contributed by atoms with E-state index in [1.807, 2.05) is 24.3 Å². The molecule has 1 aromatic heterocycles. The zero-order valence-corrected chi connectivity index (χ0v) is 12.2. The van der Waals surface area contributed by atoms with Crippen LogP contribution in [-0.4, -0.2) is 23.8 Å². The molecule has 0 saturated carbocycles. The summed E-state index contributed by atoms with van der Waals surface area (Å²) in [6, 6.07) is 7.13. The number of fused-ring (bicyclic) bond motifs is 1. The zero-order chi connectivity index (χ0) is 14.8. The Morgan fingerprint density at radius 2 is 2.24 bits per heavy atom. The van der Waals surface area contributed by atoms with Gasteiger partial charge in [-0.05, 0) is 11.6 Å². The summed E-state index contributed by atoms with van der Waals surface area (Å²) >= 11 is 1.36. The monoisotopic (exact) mass is 302 g/mol. The van der Waals surface area contributed by atoms with Crippen molar-refractivity contribution in [3.05, 3.63) is 40.9 Å². The second-order valence-electron chi connectivity index (χ2n) is 4.65. The molecule has 1 atom stereocenters. The van der Waals surface area contributed by atoms with Gasteiger partial charge in [-0.2, -0.15) is 0 Å². The molecule has 0 saturated heterocycles. The van der Waals surface area contributed by atoms with Gasteiger partial charge in [-0.3, -0.25) is 9.59 Å². The minimum absolute atomic E-state index is 0.104. The molecule has 2 aromatic rings. The fourth-order valence-corrected chi connectivity index (χ4v) is 2.92. The Hall–Kier alpha value is -2.41. The fraction of sp³-hybridized carbons (Fsp3) is 0.214. The Kier molecular flexibility index (Phi) is 3.57. The number of nitrogens with zero attached hydrogens (tertiary/aromatic N) is 1. The number of hydrogen-bond acceptors (Lipinski definition) is 5. The lowest BCUT2D eigenvalue weighted by molar-refractivity contribution is -0.116. The van der Waals surface area contributed by atoms with Crippen molar-refractivity contribution in [3.63, 3.8) is 0 Å². The maximum atomic E-state index is 12.2. The molecular weight excluding hydrogens is 288 g/mol. The van der Waals surface area contributed by atoms with Crippen molar-refractivity contribution in [2.75, 3.05) is 17.7 Å². The van der Waals surface area contributed by atoms with Gasteiger partial charge in [0.05, 0.1) is 12.5 Å². The van der Waals surface area contributed by atoms with Crippen molar-refractivity contribution in [1.29, 1.82) is 0 Å². The summed E-state index contributed by atoms with van der Waals surface area (Å²) in [6.07, 6.45) is 0.228. The first-order valence-corrected chi connectivity index (χ1v) is 7.38. The molecule has 1 aliphatic rings.